The van der Waals surface area contributed by atoms with Gasteiger partial charge in [0, 0.05) is 43.3 Å². The molecule has 1 saturated heterocycles. The van der Waals surface area contributed by atoms with Crippen molar-refractivity contribution in [2.45, 2.75) is 57.4 Å². The van der Waals surface area contributed by atoms with Gasteiger partial charge in [-0.05, 0) is 43.5 Å². The van der Waals surface area contributed by atoms with Crippen molar-refractivity contribution in [1.29, 1.82) is 0 Å². The molecule has 0 atom stereocenters. The highest BCUT2D eigenvalue weighted by atomic mass is 16.2. The number of hydrogen-bond acceptors (Lipinski definition) is 3. The van der Waals surface area contributed by atoms with Crippen molar-refractivity contribution in [3.05, 3.63) is 29.8 Å². The first-order chi connectivity index (χ1) is 12.2. The molecule has 5 nitrogen and oxygen atoms in total. The van der Waals surface area contributed by atoms with Gasteiger partial charge in [0.2, 0.25) is 5.91 Å². The summed E-state index contributed by atoms with van der Waals surface area (Å²) in [7, 11) is 0. The number of amides is 2. The van der Waals surface area contributed by atoms with E-state index < -0.39 is 0 Å². The summed E-state index contributed by atoms with van der Waals surface area (Å²) in [4.78, 5) is 25.8. The zero-order valence-corrected chi connectivity index (χ0v) is 14.9. The lowest BCUT2D eigenvalue weighted by molar-refractivity contribution is -0.117. The van der Waals surface area contributed by atoms with Crippen LogP contribution in [0.2, 0.25) is 0 Å². The third kappa shape index (κ3) is 5.05. The fraction of sp³-hybridized carbons (Fsp3) is 0.600. The van der Waals surface area contributed by atoms with Crippen LogP contribution in [0.4, 0.5) is 5.69 Å². The summed E-state index contributed by atoms with van der Waals surface area (Å²) >= 11 is 0. The number of nitrogens with one attached hydrogen (secondary N) is 2. The predicted octanol–water partition coefficient (Wildman–Crippen LogP) is 2.86. The summed E-state index contributed by atoms with van der Waals surface area (Å²) in [5.41, 5.74) is 1.53. The average Bonchev–Trinajstić information content (AvgIpc) is 2.90. The Morgan fingerprint density at radius 1 is 1.00 bits per heavy atom. The average molecular weight is 343 g/mol. The zero-order chi connectivity index (χ0) is 17.5. The number of carbonyl (C=O) groups is 2. The van der Waals surface area contributed by atoms with Crippen molar-refractivity contribution in [3.8, 4) is 0 Å². The molecule has 5 heteroatoms. The fourth-order valence-corrected chi connectivity index (χ4v) is 3.75. The van der Waals surface area contributed by atoms with E-state index >= 15 is 0 Å². The molecule has 0 bridgehead atoms. The highest BCUT2D eigenvalue weighted by molar-refractivity contribution is 5.97. The SMILES string of the molecule is O=C(NCCNC1CCCCCC1)c1ccc(N2CCCC2=O)cc1. The molecule has 0 spiro atoms. The summed E-state index contributed by atoms with van der Waals surface area (Å²) < 4.78 is 0. The van der Waals surface area contributed by atoms with Gasteiger partial charge in [0.25, 0.3) is 5.91 Å². The van der Waals surface area contributed by atoms with E-state index in [0.29, 0.717) is 24.6 Å². The van der Waals surface area contributed by atoms with Gasteiger partial charge in [-0.25, -0.2) is 0 Å². The minimum absolute atomic E-state index is 0.0537. The maximum Gasteiger partial charge on any atom is 0.251 e. The summed E-state index contributed by atoms with van der Waals surface area (Å²) in [6.45, 7) is 2.23. The molecule has 25 heavy (non-hydrogen) atoms. The molecule has 3 rings (SSSR count). The summed E-state index contributed by atoms with van der Waals surface area (Å²) in [6, 6.07) is 7.94. The minimum atomic E-state index is -0.0537. The molecule has 2 aliphatic rings. The van der Waals surface area contributed by atoms with E-state index in [4.69, 9.17) is 0 Å². The second-order valence-corrected chi connectivity index (χ2v) is 7.09. The van der Waals surface area contributed by atoms with Crippen LogP contribution in [0.15, 0.2) is 24.3 Å². The zero-order valence-electron chi connectivity index (χ0n) is 14.9. The Kier molecular flexibility index (Phi) is 6.45. The molecule has 0 radical (unpaired) electrons. The Morgan fingerprint density at radius 2 is 1.72 bits per heavy atom. The van der Waals surface area contributed by atoms with Crippen LogP contribution in [0.1, 0.15) is 61.7 Å². The molecule has 1 aromatic carbocycles. The van der Waals surface area contributed by atoms with Crippen LogP contribution < -0.4 is 15.5 Å². The highest BCUT2D eigenvalue weighted by Crippen LogP contribution is 2.21. The van der Waals surface area contributed by atoms with Gasteiger partial charge in [0.1, 0.15) is 0 Å². The molecule has 1 aromatic rings. The van der Waals surface area contributed by atoms with Crippen LogP contribution in [0.5, 0.6) is 0 Å². The molecule has 136 valence electrons. The molecule has 2 N–H and O–H groups in total. The van der Waals surface area contributed by atoms with Gasteiger partial charge in [-0.3, -0.25) is 9.59 Å². The lowest BCUT2D eigenvalue weighted by Gasteiger charge is -2.17. The largest absolute Gasteiger partial charge is 0.351 e. The standard InChI is InChI=1S/C20H29N3O2/c24-19-8-5-15-23(19)18-11-9-16(10-12-18)20(25)22-14-13-21-17-6-3-1-2-4-7-17/h9-12,17,21H,1-8,13-15H2,(H,22,25). The molecular formula is C20H29N3O2. The van der Waals surface area contributed by atoms with Crippen LogP contribution in [0.25, 0.3) is 0 Å². The van der Waals surface area contributed by atoms with E-state index in [2.05, 4.69) is 10.6 Å². The number of hydrogen-bond donors (Lipinski definition) is 2. The van der Waals surface area contributed by atoms with E-state index in [0.717, 1.165) is 25.2 Å². The lowest BCUT2D eigenvalue weighted by Crippen LogP contribution is -2.36. The van der Waals surface area contributed by atoms with E-state index in [9.17, 15) is 9.59 Å². The molecule has 1 saturated carbocycles. The van der Waals surface area contributed by atoms with E-state index in [-0.39, 0.29) is 11.8 Å². The smallest absolute Gasteiger partial charge is 0.251 e. The van der Waals surface area contributed by atoms with Crippen LogP contribution in [0.3, 0.4) is 0 Å². The molecule has 2 fully saturated rings. The Bertz CT molecular complexity index is 577. The number of rotatable bonds is 6. The van der Waals surface area contributed by atoms with Gasteiger partial charge in [-0.15, -0.1) is 0 Å². The Balaban J connectivity index is 1.41. The van der Waals surface area contributed by atoms with Gasteiger partial charge in [0.05, 0.1) is 0 Å². The quantitative estimate of drug-likeness (QED) is 0.617. The van der Waals surface area contributed by atoms with Gasteiger partial charge in [-0.2, -0.15) is 0 Å². The molecule has 2 amide bonds. The monoisotopic (exact) mass is 343 g/mol. The lowest BCUT2D eigenvalue weighted by atomic mass is 10.1. The fourth-order valence-electron chi connectivity index (χ4n) is 3.75. The predicted molar refractivity (Wildman–Crippen MR) is 99.9 cm³/mol. The topological polar surface area (TPSA) is 61.4 Å². The third-order valence-corrected chi connectivity index (χ3v) is 5.21. The number of anilines is 1. The van der Waals surface area contributed by atoms with Crippen molar-refractivity contribution in [2.24, 2.45) is 0 Å². The van der Waals surface area contributed by atoms with Gasteiger partial charge in [0.15, 0.2) is 0 Å². The van der Waals surface area contributed by atoms with Crippen molar-refractivity contribution in [3.63, 3.8) is 0 Å². The maximum absolute atomic E-state index is 12.2. The Labute approximate surface area is 150 Å². The first-order valence-electron chi connectivity index (χ1n) is 9.66. The van der Waals surface area contributed by atoms with Crippen molar-refractivity contribution in [2.75, 3.05) is 24.5 Å². The second-order valence-electron chi connectivity index (χ2n) is 7.09. The van der Waals surface area contributed by atoms with E-state index in [1.165, 1.54) is 38.5 Å². The van der Waals surface area contributed by atoms with Gasteiger partial charge < -0.3 is 15.5 Å². The normalized spacial score (nSPS) is 19.0. The van der Waals surface area contributed by atoms with Crippen LogP contribution in [-0.2, 0) is 4.79 Å². The summed E-state index contributed by atoms with van der Waals surface area (Å²) in [6.07, 6.45) is 9.38. The van der Waals surface area contributed by atoms with Crippen LogP contribution in [-0.4, -0.2) is 37.5 Å². The minimum Gasteiger partial charge on any atom is -0.351 e. The Hall–Kier alpha value is -1.88. The number of nitrogens with zero attached hydrogens (tertiary/aromatic N) is 1. The van der Waals surface area contributed by atoms with Crippen LogP contribution in [0, 0.1) is 0 Å². The van der Waals surface area contributed by atoms with Crippen molar-refractivity contribution in [1.82, 2.24) is 10.6 Å². The summed E-state index contributed by atoms with van der Waals surface area (Å²) in [5, 5.41) is 6.53. The van der Waals surface area contributed by atoms with Crippen molar-refractivity contribution < 1.29 is 9.59 Å². The number of benzene rings is 1. The van der Waals surface area contributed by atoms with Gasteiger partial charge in [-0.1, -0.05) is 25.7 Å². The molecule has 0 aromatic heterocycles. The first-order valence-corrected chi connectivity index (χ1v) is 9.66. The van der Waals surface area contributed by atoms with E-state index in [1.54, 1.807) is 17.0 Å². The molecule has 1 heterocycles. The van der Waals surface area contributed by atoms with Crippen molar-refractivity contribution >= 4 is 17.5 Å². The maximum atomic E-state index is 12.2. The molecule has 1 aliphatic carbocycles. The molecule has 0 unspecified atom stereocenters. The second kappa shape index (κ2) is 8.99. The molecular weight excluding hydrogens is 314 g/mol. The summed E-state index contributed by atoms with van der Waals surface area (Å²) in [5.74, 6) is 0.115. The number of carbonyl (C=O) groups excluding carboxylic acids is 2. The van der Waals surface area contributed by atoms with Crippen LogP contribution >= 0.6 is 0 Å². The first kappa shape index (κ1) is 17.9. The van der Waals surface area contributed by atoms with E-state index in [1.807, 2.05) is 12.1 Å². The Morgan fingerprint density at radius 3 is 2.36 bits per heavy atom. The van der Waals surface area contributed by atoms with Gasteiger partial charge >= 0.3 is 0 Å². The molecule has 1 aliphatic heterocycles. The highest BCUT2D eigenvalue weighted by Gasteiger charge is 2.21. The third-order valence-electron chi connectivity index (χ3n) is 5.21.